The molecule has 0 unspecified atom stereocenters. The zero-order chi connectivity index (χ0) is 24.3. The van der Waals surface area contributed by atoms with Gasteiger partial charge in [-0.2, -0.15) is 4.80 Å². The van der Waals surface area contributed by atoms with E-state index in [0.717, 1.165) is 12.8 Å². The molecule has 1 heterocycles. The molecule has 5 N–H and O–H groups in total. The Hall–Kier alpha value is -3.51. The van der Waals surface area contributed by atoms with Gasteiger partial charge in [0.2, 0.25) is 0 Å². The molecular weight excluding hydrogens is 441 g/mol. The van der Waals surface area contributed by atoms with Crippen molar-refractivity contribution >= 4 is 5.91 Å². The number of tetrazole rings is 1. The van der Waals surface area contributed by atoms with Crippen LogP contribution in [0.5, 0.6) is 5.75 Å². The Kier molecular flexibility index (Phi) is 9.76. The van der Waals surface area contributed by atoms with Gasteiger partial charge in [-0.05, 0) is 35.8 Å². The van der Waals surface area contributed by atoms with E-state index in [0.29, 0.717) is 43.3 Å². The van der Waals surface area contributed by atoms with Crippen molar-refractivity contribution in [2.24, 2.45) is 5.73 Å². The first-order valence-electron chi connectivity index (χ1n) is 10.5. The van der Waals surface area contributed by atoms with Gasteiger partial charge in [-0.15, -0.1) is 23.4 Å². The summed E-state index contributed by atoms with van der Waals surface area (Å²) in [6.07, 6.45) is -2.05. The minimum atomic E-state index is -4.75. The molecule has 1 aromatic carbocycles. The van der Waals surface area contributed by atoms with Crippen molar-refractivity contribution in [2.75, 3.05) is 20.1 Å². The second-order valence-corrected chi connectivity index (χ2v) is 7.10. The number of nitrogens with one attached hydrogen (secondary N) is 3. The Labute approximate surface area is 189 Å². The average molecular weight is 471 g/mol. The molecule has 0 atom stereocenters. The summed E-state index contributed by atoms with van der Waals surface area (Å²) in [6.45, 7) is 3.51. The summed E-state index contributed by atoms with van der Waals surface area (Å²) in [5.41, 5.74) is 6.53. The van der Waals surface area contributed by atoms with Crippen LogP contribution in [0.3, 0.4) is 0 Å². The fraction of sp³-hybridized carbons (Fsp3) is 0.500. The number of aryl methyl sites for hydroxylation is 1. The number of unbranched alkanes of at least 4 members (excludes halogenated alkanes) is 1. The van der Waals surface area contributed by atoms with Gasteiger partial charge in [0.15, 0.2) is 5.82 Å². The Morgan fingerprint density at radius 3 is 2.67 bits per heavy atom. The van der Waals surface area contributed by atoms with Gasteiger partial charge in [0.25, 0.3) is 5.91 Å². The van der Waals surface area contributed by atoms with Crippen LogP contribution >= 0.6 is 0 Å². The van der Waals surface area contributed by atoms with Crippen molar-refractivity contribution in [3.8, 4) is 5.75 Å². The number of alkyl halides is 3. The summed E-state index contributed by atoms with van der Waals surface area (Å²) < 4.78 is 41.0. The molecule has 182 valence electrons. The van der Waals surface area contributed by atoms with Crippen LogP contribution in [0.15, 0.2) is 35.8 Å². The van der Waals surface area contributed by atoms with Crippen molar-refractivity contribution in [1.29, 1.82) is 0 Å². The molecule has 13 heteroatoms. The van der Waals surface area contributed by atoms with Crippen LogP contribution in [0, 0.1) is 0 Å². The van der Waals surface area contributed by atoms with E-state index in [1.165, 1.54) is 23.0 Å². The maximum Gasteiger partial charge on any atom is 0.573 e. The number of nitrogens with zero attached hydrogens (tertiary/aromatic N) is 4. The topological polar surface area (TPSA) is 132 Å². The molecule has 10 nitrogen and oxygen atoms in total. The third-order valence-electron chi connectivity index (χ3n) is 4.41. The zero-order valence-electron chi connectivity index (χ0n) is 18.6. The van der Waals surface area contributed by atoms with Crippen LogP contribution in [0.25, 0.3) is 0 Å². The minimum Gasteiger partial charge on any atom is -0.406 e. The molecule has 0 aliphatic carbocycles. The van der Waals surface area contributed by atoms with Crippen LogP contribution in [0.1, 0.15) is 37.6 Å². The van der Waals surface area contributed by atoms with Gasteiger partial charge >= 0.3 is 6.36 Å². The monoisotopic (exact) mass is 470 g/mol. The maximum absolute atomic E-state index is 12.4. The number of benzene rings is 1. The molecule has 1 amide bonds. The molecule has 0 aliphatic rings. The fourth-order valence-electron chi connectivity index (χ4n) is 2.82. The average Bonchev–Trinajstić information content (AvgIpc) is 3.20. The number of hydrogen-bond donors (Lipinski definition) is 4. The standard InChI is InChI=1S/C20H29F3N8O2/c1-3-4-9-26-18(25-2)17(24)19(32)27-10-6-11-31-29-16(28-30-31)13-14-7-5-8-15(12-14)33-20(21,22)23/h5,7-8,12,25-26H,3-4,6,9-11,13,24H2,1-2H3,(H,27,32)/b18-17+. The van der Waals surface area contributed by atoms with E-state index in [-0.39, 0.29) is 17.9 Å². The highest BCUT2D eigenvalue weighted by Gasteiger charge is 2.31. The predicted octanol–water partition coefficient (Wildman–Crippen LogP) is 1.41. The van der Waals surface area contributed by atoms with Gasteiger partial charge < -0.3 is 26.4 Å². The van der Waals surface area contributed by atoms with E-state index < -0.39 is 12.3 Å². The molecule has 2 rings (SSSR count). The number of nitrogens with two attached hydrogens (primary N) is 1. The number of carbonyl (C=O) groups is 1. The lowest BCUT2D eigenvalue weighted by atomic mass is 10.1. The van der Waals surface area contributed by atoms with E-state index in [2.05, 4.69) is 43.0 Å². The first-order chi connectivity index (χ1) is 15.7. The highest BCUT2D eigenvalue weighted by Crippen LogP contribution is 2.23. The van der Waals surface area contributed by atoms with Crippen LogP contribution in [-0.2, 0) is 17.8 Å². The van der Waals surface area contributed by atoms with Crippen molar-refractivity contribution < 1.29 is 22.7 Å². The van der Waals surface area contributed by atoms with Crippen molar-refractivity contribution in [2.45, 2.75) is 45.5 Å². The fourth-order valence-corrected chi connectivity index (χ4v) is 2.82. The Morgan fingerprint density at radius 2 is 1.97 bits per heavy atom. The molecule has 0 radical (unpaired) electrons. The highest BCUT2D eigenvalue weighted by molar-refractivity contribution is 5.92. The second kappa shape index (κ2) is 12.5. The van der Waals surface area contributed by atoms with Crippen LogP contribution in [0.2, 0.25) is 0 Å². The van der Waals surface area contributed by atoms with E-state index in [1.54, 1.807) is 13.1 Å². The molecule has 0 aliphatic heterocycles. The van der Waals surface area contributed by atoms with Crippen molar-refractivity contribution in [1.82, 2.24) is 36.2 Å². The summed E-state index contributed by atoms with van der Waals surface area (Å²) in [6, 6.07) is 5.60. The number of hydrogen-bond acceptors (Lipinski definition) is 8. The molecule has 1 aromatic heterocycles. The molecular formula is C20H29F3N8O2. The summed E-state index contributed by atoms with van der Waals surface area (Å²) in [7, 11) is 1.68. The molecule has 0 saturated heterocycles. The number of carbonyl (C=O) groups excluding carboxylic acids is 1. The van der Waals surface area contributed by atoms with Crippen LogP contribution in [0.4, 0.5) is 13.2 Å². The molecule has 0 bridgehead atoms. The second-order valence-electron chi connectivity index (χ2n) is 7.10. The van der Waals surface area contributed by atoms with E-state index in [1.807, 2.05) is 0 Å². The number of ether oxygens (including phenoxy) is 1. The van der Waals surface area contributed by atoms with E-state index in [9.17, 15) is 18.0 Å². The summed E-state index contributed by atoms with van der Waals surface area (Å²) in [4.78, 5) is 13.6. The van der Waals surface area contributed by atoms with Crippen LogP contribution < -0.4 is 26.4 Å². The first kappa shape index (κ1) is 25.7. The zero-order valence-corrected chi connectivity index (χ0v) is 18.6. The van der Waals surface area contributed by atoms with Gasteiger partial charge in [0.1, 0.15) is 17.3 Å². The van der Waals surface area contributed by atoms with Gasteiger partial charge in [-0.3, -0.25) is 4.79 Å². The quantitative estimate of drug-likeness (QED) is 0.255. The highest BCUT2D eigenvalue weighted by atomic mass is 19.4. The summed E-state index contributed by atoms with van der Waals surface area (Å²) in [5.74, 6) is 0.135. The summed E-state index contributed by atoms with van der Waals surface area (Å²) in [5, 5.41) is 20.8. The number of amides is 1. The van der Waals surface area contributed by atoms with Gasteiger partial charge in [0, 0.05) is 26.6 Å². The number of aromatic nitrogens is 4. The third kappa shape index (κ3) is 9.25. The Morgan fingerprint density at radius 1 is 1.21 bits per heavy atom. The smallest absolute Gasteiger partial charge is 0.406 e. The molecule has 0 fully saturated rings. The summed E-state index contributed by atoms with van der Waals surface area (Å²) >= 11 is 0. The van der Waals surface area contributed by atoms with Crippen LogP contribution in [-0.4, -0.2) is 52.6 Å². The lowest BCUT2D eigenvalue weighted by Crippen LogP contribution is -2.37. The van der Waals surface area contributed by atoms with Gasteiger partial charge in [-0.1, -0.05) is 25.5 Å². The Balaban J connectivity index is 1.80. The molecule has 2 aromatic rings. The molecule has 0 saturated carbocycles. The van der Waals surface area contributed by atoms with Gasteiger partial charge in [-0.25, -0.2) is 0 Å². The number of halogens is 3. The largest absolute Gasteiger partial charge is 0.573 e. The number of rotatable bonds is 13. The Bertz CT molecular complexity index is 930. The lowest BCUT2D eigenvalue weighted by Gasteiger charge is -2.13. The van der Waals surface area contributed by atoms with Gasteiger partial charge in [0.05, 0.1) is 6.54 Å². The maximum atomic E-state index is 12.4. The van der Waals surface area contributed by atoms with Crippen molar-refractivity contribution in [3.05, 3.63) is 47.2 Å². The van der Waals surface area contributed by atoms with Crippen molar-refractivity contribution in [3.63, 3.8) is 0 Å². The van der Waals surface area contributed by atoms with E-state index in [4.69, 9.17) is 5.73 Å². The first-order valence-corrected chi connectivity index (χ1v) is 10.5. The minimum absolute atomic E-state index is 0.0755. The molecule has 0 spiro atoms. The predicted molar refractivity (Wildman–Crippen MR) is 115 cm³/mol. The van der Waals surface area contributed by atoms with E-state index >= 15 is 0 Å². The third-order valence-corrected chi connectivity index (χ3v) is 4.41. The SMILES string of the molecule is CCCCN/C(NC)=C(/N)C(=O)NCCCn1nnc(Cc2cccc(OC(F)(F)F)c2)n1. The molecule has 33 heavy (non-hydrogen) atoms. The normalized spacial score (nSPS) is 12.2. The lowest BCUT2D eigenvalue weighted by molar-refractivity contribution is -0.274.